The molecule has 1 saturated heterocycles. The zero-order valence-corrected chi connectivity index (χ0v) is 19.3. The second-order valence-electron chi connectivity index (χ2n) is 7.42. The summed E-state index contributed by atoms with van der Waals surface area (Å²) in [4.78, 5) is 25.1. The van der Waals surface area contributed by atoms with E-state index >= 15 is 0 Å². The van der Waals surface area contributed by atoms with Gasteiger partial charge in [0.25, 0.3) is 15.9 Å². The van der Waals surface area contributed by atoms with Gasteiger partial charge in [0.1, 0.15) is 5.82 Å². The Morgan fingerprint density at radius 2 is 1.67 bits per heavy atom. The number of piperazine rings is 1. The Labute approximate surface area is 196 Å². The van der Waals surface area contributed by atoms with Crippen LogP contribution in [0.4, 0.5) is 16.0 Å². The lowest BCUT2D eigenvalue weighted by atomic mass is 10.2. The average molecular weight is 490 g/mol. The smallest absolute Gasteiger partial charge is 0.264 e. The first-order valence-electron chi connectivity index (χ1n) is 10.1. The topological polar surface area (TPSA) is 86.7 Å². The largest absolute Gasteiger partial charge is 0.337 e. The van der Waals surface area contributed by atoms with Crippen molar-refractivity contribution in [2.45, 2.75) is 4.90 Å². The molecule has 0 radical (unpaired) electrons. The number of hydrogen-bond acceptors (Lipinski definition) is 6. The summed E-state index contributed by atoms with van der Waals surface area (Å²) in [5.41, 5.74) is 0.396. The molecule has 0 saturated carbocycles. The van der Waals surface area contributed by atoms with Crippen LogP contribution < -0.4 is 9.21 Å². The summed E-state index contributed by atoms with van der Waals surface area (Å²) in [6.07, 6.45) is 3.32. The van der Waals surface area contributed by atoms with E-state index in [1.54, 1.807) is 23.4 Å². The molecule has 1 aliphatic rings. The number of anilines is 2. The van der Waals surface area contributed by atoms with Crippen LogP contribution in [-0.4, -0.2) is 62.4 Å². The number of hydrogen-bond donors (Lipinski definition) is 0. The molecule has 4 rings (SSSR count). The van der Waals surface area contributed by atoms with Crippen LogP contribution >= 0.6 is 11.6 Å². The molecule has 0 unspecified atom stereocenters. The second kappa shape index (κ2) is 9.32. The highest BCUT2D eigenvalue weighted by molar-refractivity contribution is 7.92. The maximum absolute atomic E-state index is 13.2. The van der Waals surface area contributed by atoms with Gasteiger partial charge in [0.2, 0.25) is 5.95 Å². The minimum Gasteiger partial charge on any atom is -0.337 e. The summed E-state index contributed by atoms with van der Waals surface area (Å²) in [6, 6.07) is 10.9. The highest BCUT2D eigenvalue weighted by Gasteiger charge is 2.28. The number of aromatic nitrogens is 2. The van der Waals surface area contributed by atoms with Crippen LogP contribution in [0.25, 0.3) is 0 Å². The van der Waals surface area contributed by atoms with Crippen molar-refractivity contribution in [3.8, 4) is 0 Å². The standard InChI is InChI=1S/C22H21ClFN5O3S/c1-27(17-5-3-16(24)4-6-17)33(31,32)18-7-8-20(23)19(15-18)21(30)28-11-13-29(14-12-28)22-25-9-2-10-26-22/h2-10,15H,11-14H2,1H3. The third-order valence-electron chi connectivity index (χ3n) is 5.42. The van der Waals surface area contributed by atoms with Gasteiger partial charge in [-0.15, -0.1) is 0 Å². The van der Waals surface area contributed by atoms with Crippen LogP contribution in [0.3, 0.4) is 0 Å². The third-order valence-corrected chi connectivity index (χ3v) is 7.53. The molecule has 1 amide bonds. The zero-order chi connectivity index (χ0) is 23.6. The molecule has 0 atom stereocenters. The molecule has 1 fully saturated rings. The predicted molar refractivity (Wildman–Crippen MR) is 124 cm³/mol. The fourth-order valence-electron chi connectivity index (χ4n) is 3.51. The lowest BCUT2D eigenvalue weighted by molar-refractivity contribution is 0.0746. The zero-order valence-electron chi connectivity index (χ0n) is 17.7. The van der Waals surface area contributed by atoms with Gasteiger partial charge in [0, 0.05) is 45.6 Å². The number of halogens is 2. The van der Waals surface area contributed by atoms with Gasteiger partial charge < -0.3 is 9.80 Å². The van der Waals surface area contributed by atoms with E-state index < -0.39 is 15.8 Å². The summed E-state index contributed by atoms with van der Waals surface area (Å²) < 4.78 is 40.5. The molecule has 1 aliphatic heterocycles. The maximum Gasteiger partial charge on any atom is 0.264 e. The summed E-state index contributed by atoms with van der Waals surface area (Å²) in [6.45, 7) is 1.91. The van der Waals surface area contributed by atoms with Crippen molar-refractivity contribution in [3.05, 3.63) is 77.3 Å². The molecule has 33 heavy (non-hydrogen) atoms. The number of benzene rings is 2. The fourth-order valence-corrected chi connectivity index (χ4v) is 4.93. The number of amides is 1. The van der Waals surface area contributed by atoms with E-state index in [4.69, 9.17) is 11.6 Å². The highest BCUT2D eigenvalue weighted by Crippen LogP contribution is 2.27. The van der Waals surface area contributed by atoms with Crippen molar-refractivity contribution >= 4 is 39.2 Å². The van der Waals surface area contributed by atoms with Crippen LogP contribution in [-0.2, 0) is 10.0 Å². The molecule has 3 aromatic rings. The molecule has 0 spiro atoms. The van der Waals surface area contributed by atoms with Gasteiger partial charge in [0.05, 0.1) is 21.2 Å². The summed E-state index contributed by atoms with van der Waals surface area (Å²) in [5.74, 6) is -0.225. The van der Waals surface area contributed by atoms with Gasteiger partial charge in [-0.2, -0.15) is 0 Å². The molecule has 11 heteroatoms. The van der Waals surface area contributed by atoms with E-state index in [1.807, 2.05) is 4.90 Å². The Balaban J connectivity index is 1.53. The highest BCUT2D eigenvalue weighted by atomic mass is 35.5. The Kier molecular flexibility index (Phi) is 6.48. The number of carbonyl (C=O) groups excluding carboxylic acids is 1. The summed E-state index contributed by atoms with van der Waals surface area (Å²) in [7, 11) is -2.63. The van der Waals surface area contributed by atoms with E-state index in [1.165, 1.54) is 49.5 Å². The molecular formula is C22H21ClFN5O3S. The monoisotopic (exact) mass is 489 g/mol. The van der Waals surface area contributed by atoms with Gasteiger partial charge in [0.15, 0.2) is 0 Å². The van der Waals surface area contributed by atoms with Crippen molar-refractivity contribution < 1.29 is 17.6 Å². The Morgan fingerprint density at radius 3 is 2.30 bits per heavy atom. The van der Waals surface area contributed by atoms with E-state index in [9.17, 15) is 17.6 Å². The fraction of sp³-hybridized carbons (Fsp3) is 0.227. The summed E-state index contributed by atoms with van der Waals surface area (Å²) >= 11 is 6.27. The van der Waals surface area contributed by atoms with Crippen molar-refractivity contribution in [3.63, 3.8) is 0 Å². The van der Waals surface area contributed by atoms with Crippen LogP contribution in [0.5, 0.6) is 0 Å². The molecule has 172 valence electrons. The Bertz CT molecular complexity index is 1250. The van der Waals surface area contributed by atoms with Crippen LogP contribution in [0.1, 0.15) is 10.4 Å². The predicted octanol–water partition coefficient (Wildman–Crippen LogP) is 3.06. The first-order chi connectivity index (χ1) is 15.8. The van der Waals surface area contributed by atoms with Gasteiger partial charge in [-0.3, -0.25) is 9.10 Å². The van der Waals surface area contributed by atoms with Gasteiger partial charge >= 0.3 is 0 Å². The molecule has 2 aromatic carbocycles. The molecule has 0 aliphatic carbocycles. The van der Waals surface area contributed by atoms with E-state index in [0.717, 1.165) is 4.31 Å². The minimum absolute atomic E-state index is 0.0848. The molecular weight excluding hydrogens is 469 g/mol. The molecule has 2 heterocycles. The van der Waals surface area contributed by atoms with Crippen molar-refractivity contribution in [2.75, 3.05) is 42.4 Å². The van der Waals surface area contributed by atoms with E-state index in [0.29, 0.717) is 37.8 Å². The Morgan fingerprint density at radius 1 is 1.03 bits per heavy atom. The quantitative estimate of drug-likeness (QED) is 0.547. The third kappa shape index (κ3) is 4.76. The second-order valence-corrected chi connectivity index (χ2v) is 9.80. The van der Waals surface area contributed by atoms with Crippen LogP contribution in [0.2, 0.25) is 5.02 Å². The van der Waals surface area contributed by atoms with Gasteiger partial charge in [-0.05, 0) is 48.5 Å². The molecule has 0 bridgehead atoms. The summed E-state index contributed by atoms with van der Waals surface area (Å²) in [5, 5.41) is 0.164. The maximum atomic E-state index is 13.2. The Hall–Kier alpha value is -3.24. The SMILES string of the molecule is CN(c1ccc(F)cc1)S(=O)(=O)c1ccc(Cl)c(C(=O)N2CCN(c3ncccn3)CC2)c1. The van der Waals surface area contributed by atoms with Crippen molar-refractivity contribution in [2.24, 2.45) is 0 Å². The number of rotatable bonds is 5. The van der Waals surface area contributed by atoms with E-state index in [-0.39, 0.29) is 21.4 Å². The van der Waals surface area contributed by atoms with Gasteiger partial charge in [-0.1, -0.05) is 11.6 Å². The molecule has 0 N–H and O–H groups in total. The van der Waals surface area contributed by atoms with Crippen molar-refractivity contribution in [1.82, 2.24) is 14.9 Å². The lowest BCUT2D eigenvalue weighted by Crippen LogP contribution is -2.49. The molecule has 1 aromatic heterocycles. The average Bonchev–Trinajstić information content (AvgIpc) is 2.84. The number of sulfonamides is 1. The normalized spacial score (nSPS) is 14.3. The van der Waals surface area contributed by atoms with Crippen LogP contribution in [0.15, 0.2) is 65.8 Å². The van der Waals surface area contributed by atoms with E-state index in [2.05, 4.69) is 9.97 Å². The first-order valence-corrected chi connectivity index (χ1v) is 11.9. The van der Waals surface area contributed by atoms with Crippen LogP contribution in [0, 0.1) is 5.82 Å². The van der Waals surface area contributed by atoms with Gasteiger partial charge in [-0.25, -0.2) is 22.8 Å². The van der Waals surface area contributed by atoms with Crippen molar-refractivity contribution in [1.29, 1.82) is 0 Å². The first kappa shape index (κ1) is 22.9. The number of nitrogens with zero attached hydrogens (tertiary/aromatic N) is 5. The number of carbonyl (C=O) groups is 1. The lowest BCUT2D eigenvalue weighted by Gasteiger charge is -2.34. The minimum atomic E-state index is -4.00. The molecule has 8 nitrogen and oxygen atoms in total.